The Bertz CT molecular complexity index is 446. The molecule has 0 aromatic heterocycles. The molecule has 0 N–H and O–H groups in total. The van der Waals surface area contributed by atoms with Crippen LogP contribution < -0.4 is 0 Å². The summed E-state index contributed by atoms with van der Waals surface area (Å²) in [7, 11) is 2.20. The summed E-state index contributed by atoms with van der Waals surface area (Å²) in [6.45, 7) is 2.41. The first-order valence-electron chi connectivity index (χ1n) is 6.63. The third kappa shape index (κ3) is 2.19. The van der Waals surface area contributed by atoms with E-state index >= 15 is 0 Å². The fraction of sp³-hybridized carbons (Fsp3) is 0.294. The molecule has 1 aliphatic heterocycles. The van der Waals surface area contributed by atoms with Crippen molar-refractivity contribution >= 4 is 0 Å². The van der Waals surface area contributed by atoms with E-state index in [1.807, 2.05) is 0 Å². The monoisotopic (exact) mass is 237 g/mol. The van der Waals surface area contributed by atoms with Crippen LogP contribution in [-0.2, 0) is 0 Å². The second-order valence-electron chi connectivity index (χ2n) is 5.28. The van der Waals surface area contributed by atoms with Gasteiger partial charge in [0.1, 0.15) is 0 Å². The Morgan fingerprint density at radius 1 is 0.833 bits per heavy atom. The molecule has 0 atom stereocenters. The van der Waals surface area contributed by atoms with Gasteiger partial charge in [-0.3, -0.25) is 0 Å². The second-order valence-corrected chi connectivity index (χ2v) is 5.28. The van der Waals surface area contributed by atoms with Gasteiger partial charge in [-0.05, 0) is 24.1 Å². The average Bonchev–Trinajstić information content (AvgIpc) is 2.40. The summed E-state index contributed by atoms with van der Waals surface area (Å²) in [5, 5.41) is 0. The van der Waals surface area contributed by atoms with Gasteiger partial charge in [-0.1, -0.05) is 60.7 Å². The Labute approximate surface area is 109 Å². The van der Waals surface area contributed by atoms with E-state index in [1.165, 1.54) is 24.2 Å². The normalized spacial score (nSPS) is 16.8. The van der Waals surface area contributed by atoms with Crippen LogP contribution in [0.5, 0.6) is 0 Å². The average molecular weight is 237 g/mol. The zero-order chi connectivity index (χ0) is 12.4. The highest BCUT2D eigenvalue weighted by Gasteiger charge is 2.32. The van der Waals surface area contributed by atoms with Gasteiger partial charge in [0.15, 0.2) is 0 Å². The fourth-order valence-corrected chi connectivity index (χ4v) is 3.02. The maximum absolute atomic E-state index is 2.39. The molecular formula is C17H19N. The number of likely N-dealkylation sites (tertiary alicyclic amines) is 1. The molecule has 18 heavy (non-hydrogen) atoms. The van der Waals surface area contributed by atoms with Crippen LogP contribution >= 0.6 is 0 Å². The minimum absolute atomic E-state index is 0.545. The first-order chi connectivity index (χ1) is 8.84. The summed E-state index contributed by atoms with van der Waals surface area (Å²) in [4.78, 5) is 2.39. The molecule has 92 valence electrons. The SMILES string of the molecule is CN1CC(C(c2ccccc2)c2ccccc2)C1. The van der Waals surface area contributed by atoms with Crippen molar-refractivity contribution in [1.29, 1.82) is 0 Å². The van der Waals surface area contributed by atoms with E-state index in [0.717, 1.165) is 5.92 Å². The van der Waals surface area contributed by atoms with Crippen molar-refractivity contribution in [3.05, 3.63) is 71.8 Å². The maximum atomic E-state index is 2.39. The molecular weight excluding hydrogens is 218 g/mol. The summed E-state index contributed by atoms with van der Waals surface area (Å²) in [5.74, 6) is 1.29. The van der Waals surface area contributed by atoms with Gasteiger partial charge < -0.3 is 4.90 Å². The van der Waals surface area contributed by atoms with Crippen LogP contribution in [0.15, 0.2) is 60.7 Å². The van der Waals surface area contributed by atoms with Gasteiger partial charge in [0.05, 0.1) is 0 Å². The molecule has 2 aromatic carbocycles. The molecule has 1 saturated heterocycles. The van der Waals surface area contributed by atoms with Crippen LogP contribution in [0.25, 0.3) is 0 Å². The van der Waals surface area contributed by atoms with Crippen molar-refractivity contribution in [3.8, 4) is 0 Å². The Morgan fingerprint density at radius 2 is 1.28 bits per heavy atom. The molecule has 1 fully saturated rings. The van der Waals surface area contributed by atoms with Crippen LogP contribution in [-0.4, -0.2) is 25.0 Å². The number of benzene rings is 2. The highest BCUT2D eigenvalue weighted by Crippen LogP contribution is 2.36. The maximum Gasteiger partial charge on any atom is 0.0142 e. The third-order valence-corrected chi connectivity index (χ3v) is 3.88. The highest BCUT2D eigenvalue weighted by molar-refractivity contribution is 5.34. The summed E-state index contributed by atoms with van der Waals surface area (Å²) in [5.41, 5.74) is 2.89. The molecule has 0 radical (unpaired) electrons. The van der Waals surface area contributed by atoms with Crippen LogP contribution in [0.2, 0.25) is 0 Å². The number of hydrogen-bond acceptors (Lipinski definition) is 1. The molecule has 0 amide bonds. The van der Waals surface area contributed by atoms with Crippen molar-refractivity contribution in [2.45, 2.75) is 5.92 Å². The third-order valence-electron chi connectivity index (χ3n) is 3.88. The van der Waals surface area contributed by atoms with Gasteiger partial charge in [0.2, 0.25) is 0 Å². The molecule has 0 aliphatic carbocycles. The quantitative estimate of drug-likeness (QED) is 0.791. The van der Waals surface area contributed by atoms with Gasteiger partial charge >= 0.3 is 0 Å². The van der Waals surface area contributed by atoms with Gasteiger partial charge in [0, 0.05) is 19.0 Å². The van der Waals surface area contributed by atoms with E-state index in [0.29, 0.717) is 5.92 Å². The summed E-state index contributed by atoms with van der Waals surface area (Å²) < 4.78 is 0. The first kappa shape index (κ1) is 11.5. The van der Waals surface area contributed by atoms with Gasteiger partial charge in [0.25, 0.3) is 0 Å². The molecule has 2 aromatic rings. The Kier molecular flexibility index (Phi) is 3.16. The largest absolute Gasteiger partial charge is 0.306 e. The minimum atomic E-state index is 0.545. The summed E-state index contributed by atoms with van der Waals surface area (Å²) in [6, 6.07) is 21.8. The molecule has 0 bridgehead atoms. The van der Waals surface area contributed by atoms with Crippen LogP contribution in [0, 0.1) is 5.92 Å². The molecule has 1 heterocycles. The number of hydrogen-bond donors (Lipinski definition) is 0. The molecule has 0 unspecified atom stereocenters. The van der Waals surface area contributed by atoms with E-state index < -0.39 is 0 Å². The van der Waals surface area contributed by atoms with E-state index in [-0.39, 0.29) is 0 Å². The predicted octanol–water partition coefficient (Wildman–Crippen LogP) is 3.38. The minimum Gasteiger partial charge on any atom is -0.306 e. The zero-order valence-corrected chi connectivity index (χ0v) is 10.8. The van der Waals surface area contributed by atoms with Gasteiger partial charge in [-0.25, -0.2) is 0 Å². The summed E-state index contributed by atoms with van der Waals surface area (Å²) in [6.07, 6.45) is 0. The Hall–Kier alpha value is -1.60. The van der Waals surface area contributed by atoms with Crippen molar-refractivity contribution in [3.63, 3.8) is 0 Å². The van der Waals surface area contributed by atoms with E-state index in [9.17, 15) is 0 Å². The lowest BCUT2D eigenvalue weighted by Gasteiger charge is -2.41. The standard InChI is InChI=1S/C17H19N/c1-18-12-16(13-18)17(14-8-4-2-5-9-14)15-10-6-3-7-11-15/h2-11,16-17H,12-13H2,1H3. The lowest BCUT2D eigenvalue weighted by molar-refractivity contribution is 0.121. The van der Waals surface area contributed by atoms with Crippen LogP contribution in [0.1, 0.15) is 17.0 Å². The number of nitrogens with zero attached hydrogens (tertiary/aromatic N) is 1. The fourth-order valence-electron chi connectivity index (χ4n) is 3.02. The molecule has 1 nitrogen and oxygen atoms in total. The van der Waals surface area contributed by atoms with Crippen LogP contribution in [0.4, 0.5) is 0 Å². The lowest BCUT2D eigenvalue weighted by atomic mass is 9.77. The number of rotatable bonds is 3. The first-order valence-corrected chi connectivity index (χ1v) is 6.63. The van der Waals surface area contributed by atoms with Gasteiger partial charge in [-0.15, -0.1) is 0 Å². The predicted molar refractivity (Wildman–Crippen MR) is 75.7 cm³/mol. The van der Waals surface area contributed by atoms with Crippen molar-refractivity contribution in [2.24, 2.45) is 5.92 Å². The molecule has 1 aliphatic rings. The highest BCUT2D eigenvalue weighted by atomic mass is 15.2. The van der Waals surface area contributed by atoms with Crippen molar-refractivity contribution < 1.29 is 0 Å². The molecule has 1 heteroatoms. The van der Waals surface area contributed by atoms with E-state index in [4.69, 9.17) is 0 Å². The lowest BCUT2D eigenvalue weighted by Crippen LogP contribution is -2.46. The zero-order valence-electron chi connectivity index (χ0n) is 10.8. The molecule has 0 spiro atoms. The van der Waals surface area contributed by atoms with E-state index in [1.54, 1.807) is 0 Å². The smallest absolute Gasteiger partial charge is 0.0142 e. The van der Waals surface area contributed by atoms with Gasteiger partial charge in [-0.2, -0.15) is 0 Å². The topological polar surface area (TPSA) is 3.24 Å². The molecule has 3 rings (SSSR count). The Morgan fingerprint density at radius 3 is 1.67 bits per heavy atom. The summed E-state index contributed by atoms with van der Waals surface area (Å²) >= 11 is 0. The van der Waals surface area contributed by atoms with Crippen molar-refractivity contribution in [1.82, 2.24) is 4.90 Å². The van der Waals surface area contributed by atoms with E-state index in [2.05, 4.69) is 72.6 Å². The second kappa shape index (κ2) is 4.95. The van der Waals surface area contributed by atoms with Crippen LogP contribution in [0.3, 0.4) is 0 Å². The molecule has 0 saturated carbocycles. The van der Waals surface area contributed by atoms with Crippen molar-refractivity contribution in [2.75, 3.05) is 20.1 Å². The Balaban J connectivity index is 1.94.